The van der Waals surface area contributed by atoms with Gasteiger partial charge >= 0.3 is 5.76 Å². The van der Waals surface area contributed by atoms with Crippen LogP contribution >= 0.6 is 22.6 Å². The second kappa shape index (κ2) is 7.98. The Morgan fingerprint density at radius 2 is 2.04 bits per heavy atom. The zero-order valence-corrected chi connectivity index (χ0v) is 15.3. The second-order valence-corrected chi connectivity index (χ2v) is 6.39. The van der Waals surface area contributed by atoms with Gasteiger partial charge in [0.2, 0.25) is 5.89 Å². The number of halogens is 1. The molecule has 6 nitrogen and oxygen atoms in total. The second-order valence-electron chi connectivity index (χ2n) is 5.22. The lowest BCUT2D eigenvalue weighted by molar-refractivity contribution is 0.304. The Labute approximate surface area is 157 Å². The molecule has 0 spiro atoms. The van der Waals surface area contributed by atoms with E-state index in [0.717, 1.165) is 19.6 Å². The number of aromatic nitrogens is 2. The lowest BCUT2D eigenvalue weighted by Gasteiger charge is -2.09. The van der Waals surface area contributed by atoms with Gasteiger partial charge in [0, 0.05) is 5.56 Å². The highest BCUT2D eigenvalue weighted by Crippen LogP contribution is 2.27. The molecule has 0 unspecified atom stereocenters. The van der Waals surface area contributed by atoms with Gasteiger partial charge in [-0.3, -0.25) is 0 Å². The van der Waals surface area contributed by atoms with E-state index in [1.807, 2.05) is 48.5 Å². The van der Waals surface area contributed by atoms with Crippen molar-refractivity contribution in [3.8, 4) is 23.3 Å². The smallest absolute Gasteiger partial charge is 0.437 e. The Morgan fingerprint density at radius 3 is 2.76 bits per heavy atom. The van der Waals surface area contributed by atoms with E-state index in [1.54, 1.807) is 6.07 Å². The maximum absolute atomic E-state index is 11.7. The molecule has 3 rings (SSSR count). The minimum absolute atomic E-state index is 0.204. The van der Waals surface area contributed by atoms with E-state index in [-0.39, 0.29) is 18.9 Å². The van der Waals surface area contributed by atoms with Crippen molar-refractivity contribution in [2.75, 3.05) is 0 Å². The van der Waals surface area contributed by atoms with Crippen LogP contribution in [0, 0.1) is 14.9 Å². The molecule has 0 aliphatic rings. The van der Waals surface area contributed by atoms with Crippen LogP contribution in [0.3, 0.4) is 0 Å². The topological polar surface area (TPSA) is 81.1 Å². The minimum atomic E-state index is -0.565. The van der Waals surface area contributed by atoms with Crippen LogP contribution in [0.1, 0.15) is 12.0 Å². The van der Waals surface area contributed by atoms with Gasteiger partial charge in [0.25, 0.3) is 0 Å². The van der Waals surface area contributed by atoms with Crippen molar-refractivity contribution in [1.29, 1.82) is 5.26 Å². The zero-order chi connectivity index (χ0) is 17.6. The highest BCUT2D eigenvalue weighted by molar-refractivity contribution is 14.1. The van der Waals surface area contributed by atoms with Crippen LogP contribution in [-0.2, 0) is 13.2 Å². The Balaban J connectivity index is 1.76. The first-order valence-electron chi connectivity index (χ1n) is 7.59. The van der Waals surface area contributed by atoms with Crippen LogP contribution in [0.4, 0.5) is 0 Å². The van der Waals surface area contributed by atoms with Crippen molar-refractivity contribution in [2.45, 2.75) is 19.6 Å². The first kappa shape index (κ1) is 17.2. The largest absolute Gasteiger partial charge is 0.488 e. The molecule has 3 aromatic rings. The van der Waals surface area contributed by atoms with Crippen LogP contribution in [-0.4, -0.2) is 9.78 Å². The molecule has 25 heavy (non-hydrogen) atoms. The lowest BCUT2D eigenvalue weighted by Crippen LogP contribution is -2.15. The van der Waals surface area contributed by atoms with Gasteiger partial charge in [0.1, 0.15) is 12.4 Å². The van der Waals surface area contributed by atoms with Crippen LogP contribution in [0.25, 0.3) is 11.5 Å². The number of hydrogen-bond acceptors (Lipinski definition) is 5. The van der Waals surface area contributed by atoms with Crippen LogP contribution < -0.4 is 10.5 Å². The van der Waals surface area contributed by atoms with Crippen LogP contribution in [0.2, 0.25) is 0 Å². The summed E-state index contributed by atoms with van der Waals surface area (Å²) < 4.78 is 13.0. The van der Waals surface area contributed by atoms with E-state index in [0.29, 0.717) is 12.2 Å². The van der Waals surface area contributed by atoms with Crippen LogP contribution in [0.5, 0.6) is 5.75 Å². The molecule has 0 bridgehead atoms. The van der Waals surface area contributed by atoms with E-state index < -0.39 is 5.76 Å². The molecule has 2 aromatic carbocycles. The molecule has 0 aliphatic carbocycles. The Kier molecular flexibility index (Phi) is 5.50. The molecular formula is C18H14IN3O3. The fourth-order valence-corrected chi connectivity index (χ4v) is 2.88. The van der Waals surface area contributed by atoms with Gasteiger partial charge in [-0.25, -0.2) is 4.79 Å². The van der Waals surface area contributed by atoms with Crippen molar-refractivity contribution in [1.82, 2.24) is 9.78 Å². The summed E-state index contributed by atoms with van der Waals surface area (Å²) in [5.74, 6) is 0.416. The SMILES string of the molecule is N#CCCn1nc(-c2ccc(OCc3ccccc3)c(I)c2)oc1=O. The third-order valence-electron chi connectivity index (χ3n) is 3.46. The maximum atomic E-state index is 11.7. The molecule has 126 valence electrons. The third kappa shape index (κ3) is 4.28. The molecule has 0 radical (unpaired) electrons. The average molecular weight is 447 g/mol. The zero-order valence-electron chi connectivity index (χ0n) is 13.2. The van der Waals surface area contributed by atoms with Gasteiger partial charge in [-0.05, 0) is 46.4 Å². The van der Waals surface area contributed by atoms with E-state index in [4.69, 9.17) is 14.4 Å². The van der Waals surface area contributed by atoms with E-state index >= 15 is 0 Å². The van der Waals surface area contributed by atoms with Crippen molar-refractivity contribution in [3.05, 3.63) is 68.2 Å². The van der Waals surface area contributed by atoms with Gasteiger partial charge in [-0.1, -0.05) is 30.3 Å². The standard InChI is InChI=1S/C18H14IN3O3/c19-15-11-14(17-21-22(10-4-9-20)18(23)25-17)7-8-16(15)24-12-13-5-2-1-3-6-13/h1-3,5-8,11H,4,10,12H2. The summed E-state index contributed by atoms with van der Waals surface area (Å²) in [6, 6.07) is 17.4. The number of aryl methyl sites for hydroxylation is 1. The molecule has 7 heteroatoms. The summed E-state index contributed by atoms with van der Waals surface area (Å²) in [7, 11) is 0. The molecule has 0 atom stereocenters. The fraction of sp³-hybridized carbons (Fsp3) is 0.167. The van der Waals surface area contributed by atoms with Gasteiger partial charge in [-0.2, -0.15) is 9.94 Å². The normalized spacial score (nSPS) is 10.4. The highest BCUT2D eigenvalue weighted by atomic mass is 127. The first-order valence-corrected chi connectivity index (χ1v) is 8.67. The predicted molar refractivity (Wildman–Crippen MR) is 99.9 cm³/mol. The molecule has 0 saturated heterocycles. The number of nitriles is 1. The third-order valence-corrected chi connectivity index (χ3v) is 4.30. The summed E-state index contributed by atoms with van der Waals surface area (Å²) in [4.78, 5) is 11.7. The molecule has 0 saturated carbocycles. The van der Waals surface area contributed by atoms with Gasteiger partial charge < -0.3 is 9.15 Å². The van der Waals surface area contributed by atoms with Crippen molar-refractivity contribution in [2.24, 2.45) is 0 Å². The van der Waals surface area contributed by atoms with E-state index in [2.05, 4.69) is 27.7 Å². The number of benzene rings is 2. The summed E-state index contributed by atoms with van der Waals surface area (Å²) in [5, 5.41) is 12.7. The number of ether oxygens (including phenoxy) is 1. The summed E-state index contributed by atoms with van der Waals surface area (Å²) >= 11 is 2.17. The summed E-state index contributed by atoms with van der Waals surface area (Å²) in [5.41, 5.74) is 1.77. The summed E-state index contributed by atoms with van der Waals surface area (Å²) in [6.45, 7) is 0.697. The molecule has 0 amide bonds. The molecule has 1 aromatic heterocycles. The van der Waals surface area contributed by atoms with Crippen molar-refractivity contribution < 1.29 is 9.15 Å². The molecule has 0 aliphatic heterocycles. The minimum Gasteiger partial charge on any atom is -0.488 e. The lowest BCUT2D eigenvalue weighted by atomic mass is 10.2. The monoisotopic (exact) mass is 447 g/mol. The van der Waals surface area contributed by atoms with Gasteiger partial charge in [-0.15, -0.1) is 5.10 Å². The number of nitrogens with zero attached hydrogens (tertiary/aromatic N) is 3. The number of hydrogen-bond donors (Lipinski definition) is 0. The first-order chi connectivity index (χ1) is 12.2. The fourth-order valence-electron chi connectivity index (χ4n) is 2.21. The number of rotatable bonds is 6. The van der Waals surface area contributed by atoms with Crippen LogP contribution in [0.15, 0.2) is 57.7 Å². The van der Waals surface area contributed by atoms with Gasteiger partial charge in [0.15, 0.2) is 0 Å². The summed E-state index contributed by atoms with van der Waals surface area (Å²) in [6.07, 6.45) is 0.204. The Bertz CT molecular complexity index is 958. The predicted octanol–water partition coefficient (Wildman–Crippen LogP) is 3.60. The molecule has 1 heterocycles. The Hall–Kier alpha value is -2.60. The van der Waals surface area contributed by atoms with Crippen molar-refractivity contribution >= 4 is 22.6 Å². The van der Waals surface area contributed by atoms with Gasteiger partial charge in [0.05, 0.1) is 22.6 Å². The molecule has 0 N–H and O–H groups in total. The maximum Gasteiger partial charge on any atom is 0.437 e. The highest BCUT2D eigenvalue weighted by Gasteiger charge is 2.12. The van der Waals surface area contributed by atoms with E-state index in [1.165, 1.54) is 0 Å². The average Bonchev–Trinajstić information content (AvgIpc) is 3.00. The molecular weight excluding hydrogens is 433 g/mol. The van der Waals surface area contributed by atoms with E-state index in [9.17, 15) is 4.79 Å². The molecule has 0 fully saturated rings. The quantitative estimate of drug-likeness (QED) is 0.540. The van der Waals surface area contributed by atoms with Crippen molar-refractivity contribution in [3.63, 3.8) is 0 Å². The Morgan fingerprint density at radius 1 is 1.24 bits per heavy atom.